The van der Waals surface area contributed by atoms with Crippen LogP contribution >= 0.6 is 34.5 Å². The average Bonchev–Trinajstić information content (AvgIpc) is 2.90. The van der Waals surface area contributed by atoms with Crippen LogP contribution in [0.2, 0.25) is 10.0 Å². The van der Waals surface area contributed by atoms with E-state index in [0.717, 1.165) is 24.8 Å². The molecule has 0 unspecified atom stereocenters. The number of nitrogens with one attached hydrogen (secondary N) is 1. The van der Waals surface area contributed by atoms with Gasteiger partial charge in [0.25, 0.3) is 5.91 Å². The van der Waals surface area contributed by atoms with E-state index in [1.807, 2.05) is 0 Å². The molecule has 1 aromatic carbocycles. The third-order valence-corrected chi connectivity index (χ3v) is 5.86. The van der Waals surface area contributed by atoms with Crippen LogP contribution in [0.15, 0.2) is 18.2 Å². The molecular formula is C18H16Cl2N2O2S. The van der Waals surface area contributed by atoms with Crippen LogP contribution in [0.4, 0.5) is 5.00 Å². The lowest BCUT2D eigenvalue weighted by Crippen LogP contribution is -2.20. The highest BCUT2D eigenvalue weighted by atomic mass is 35.5. The Morgan fingerprint density at radius 3 is 3.00 bits per heavy atom. The number of hydrogen-bond donors (Lipinski definition) is 1. The fraction of sp³-hybridized carbons (Fsp3) is 0.333. The second kappa shape index (κ2) is 7.65. The van der Waals surface area contributed by atoms with Crippen molar-refractivity contribution in [2.45, 2.75) is 26.2 Å². The summed E-state index contributed by atoms with van der Waals surface area (Å²) in [4.78, 5) is 13.4. The van der Waals surface area contributed by atoms with Crippen molar-refractivity contribution >= 4 is 45.4 Å². The van der Waals surface area contributed by atoms with Gasteiger partial charge in [0.15, 0.2) is 6.61 Å². The Bertz CT molecular complexity index is 857. The first kappa shape index (κ1) is 18.1. The van der Waals surface area contributed by atoms with Crippen molar-refractivity contribution in [2.75, 3.05) is 11.9 Å². The van der Waals surface area contributed by atoms with Crippen molar-refractivity contribution in [1.29, 1.82) is 5.26 Å². The largest absolute Gasteiger partial charge is 0.482 e. The maximum absolute atomic E-state index is 12.2. The Morgan fingerprint density at radius 2 is 2.28 bits per heavy atom. The van der Waals surface area contributed by atoms with Crippen LogP contribution < -0.4 is 10.1 Å². The lowest BCUT2D eigenvalue weighted by Gasteiger charge is -2.17. The van der Waals surface area contributed by atoms with E-state index in [4.69, 9.17) is 27.9 Å². The molecule has 25 heavy (non-hydrogen) atoms. The van der Waals surface area contributed by atoms with E-state index in [0.29, 0.717) is 32.3 Å². The fourth-order valence-electron chi connectivity index (χ4n) is 2.86. The van der Waals surface area contributed by atoms with E-state index in [2.05, 4.69) is 18.3 Å². The van der Waals surface area contributed by atoms with Crippen LogP contribution in [0.25, 0.3) is 0 Å². The third-order valence-electron chi connectivity index (χ3n) is 4.12. The highest BCUT2D eigenvalue weighted by Gasteiger charge is 2.24. The van der Waals surface area contributed by atoms with Crippen molar-refractivity contribution in [3.05, 3.63) is 44.2 Å². The number of fused-ring (bicyclic) bond motifs is 1. The zero-order valence-electron chi connectivity index (χ0n) is 13.6. The number of amides is 1. The van der Waals surface area contributed by atoms with Gasteiger partial charge in [0.2, 0.25) is 0 Å². The number of ether oxygens (including phenoxy) is 1. The summed E-state index contributed by atoms with van der Waals surface area (Å²) >= 11 is 13.3. The molecular weight excluding hydrogens is 379 g/mol. The van der Waals surface area contributed by atoms with Crippen molar-refractivity contribution < 1.29 is 9.53 Å². The molecule has 2 aromatic rings. The van der Waals surface area contributed by atoms with Gasteiger partial charge >= 0.3 is 0 Å². The van der Waals surface area contributed by atoms with E-state index in [1.165, 1.54) is 16.2 Å². The molecule has 0 bridgehead atoms. The third kappa shape index (κ3) is 4.09. The number of carbonyl (C=O) groups is 1. The van der Waals surface area contributed by atoms with Gasteiger partial charge in [-0.2, -0.15) is 5.26 Å². The smallest absolute Gasteiger partial charge is 0.262 e. The summed E-state index contributed by atoms with van der Waals surface area (Å²) in [5.41, 5.74) is 1.67. The maximum atomic E-state index is 12.2. The summed E-state index contributed by atoms with van der Waals surface area (Å²) < 4.78 is 5.44. The number of carbonyl (C=O) groups excluding carboxylic acids is 1. The van der Waals surface area contributed by atoms with E-state index < -0.39 is 0 Å². The molecule has 1 N–H and O–H groups in total. The molecule has 0 spiro atoms. The first-order valence-electron chi connectivity index (χ1n) is 7.90. The molecule has 7 heteroatoms. The number of rotatable bonds is 4. The molecule has 0 saturated heterocycles. The SMILES string of the molecule is C[C@@H]1CCc2sc(NC(=O)COc3ccc(Cl)cc3Cl)c(C#N)c2C1. The summed E-state index contributed by atoms with van der Waals surface area (Å²) in [6.45, 7) is 1.99. The average molecular weight is 395 g/mol. The second-order valence-electron chi connectivity index (χ2n) is 6.08. The number of aryl methyl sites for hydroxylation is 1. The van der Waals surface area contributed by atoms with Gasteiger partial charge < -0.3 is 10.1 Å². The first-order chi connectivity index (χ1) is 12.0. The molecule has 1 aromatic heterocycles. The summed E-state index contributed by atoms with van der Waals surface area (Å²) in [5.74, 6) is 0.628. The molecule has 1 amide bonds. The van der Waals surface area contributed by atoms with Gasteiger partial charge in [0, 0.05) is 9.90 Å². The van der Waals surface area contributed by atoms with Gasteiger partial charge in [-0.15, -0.1) is 11.3 Å². The molecule has 1 aliphatic rings. The van der Waals surface area contributed by atoms with Gasteiger partial charge in [-0.05, 0) is 48.9 Å². The molecule has 0 saturated carbocycles. The minimum Gasteiger partial charge on any atom is -0.482 e. The zero-order valence-corrected chi connectivity index (χ0v) is 15.9. The van der Waals surface area contributed by atoms with Gasteiger partial charge in [-0.1, -0.05) is 30.1 Å². The lowest BCUT2D eigenvalue weighted by atomic mass is 9.88. The molecule has 0 aliphatic heterocycles. The van der Waals surface area contributed by atoms with E-state index in [-0.39, 0.29) is 12.5 Å². The fourth-order valence-corrected chi connectivity index (χ4v) is 4.54. The Kier molecular flexibility index (Phi) is 5.53. The topological polar surface area (TPSA) is 62.1 Å². The van der Waals surface area contributed by atoms with Crippen LogP contribution in [0.3, 0.4) is 0 Å². The van der Waals surface area contributed by atoms with Crippen molar-refractivity contribution in [3.8, 4) is 11.8 Å². The van der Waals surface area contributed by atoms with Crippen molar-refractivity contribution in [2.24, 2.45) is 5.92 Å². The predicted octanol–water partition coefficient (Wildman–Crippen LogP) is 5.07. The number of anilines is 1. The molecule has 1 aliphatic carbocycles. The molecule has 1 atom stereocenters. The second-order valence-corrected chi connectivity index (χ2v) is 8.03. The standard InChI is InChI=1S/C18H16Cl2N2O2S/c1-10-2-5-16-12(6-10)13(8-21)18(25-16)22-17(23)9-24-15-4-3-11(19)7-14(15)20/h3-4,7,10H,2,5-6,9H2,1H3,(H,22,23)/t10-/m1/s1. The van der Waals surface area contributed by atoms with Crippen LogP contribution in [-0.4, -0.2) is 12.5 Å². The van der Waals surface area contributed by atoms with Crippen LogP contribution in [-0.2, 0) is 17.6 Å². The Hall–Kier alpha value is -1.74. The van der Waals surface area contributed by atoms with Crippen LogP contribution in [0.5, 0.6) is 5.75 Å². The summed E-state index contributed by atoms with van der Waals surface area (Å²) in [6.07, 6.45) is 2.97. The molecule has 4 nitrogen and oxygen atoms in total. The Balaban J connectivity index is 1.68. The molecule has 1 heterocycles. The highest BCUT2D eigenvalue weighted by Crippen LogP contribution is 2.39. The quantitative estimate of drug-likeness (QED) is 0.786. The number of thiophene rings is 1. The molecule has 130 valence electrons. The Labute approximate surface area is 160 Å². The monoisotopic (exact) mass is 394 g/mol. The van der Waals surface area contributed by atoms with Crippen LogP contribution in [0, 0.1) is 17.2 Å². The lowest BCUT2D eigenvalue weighted by molar-refractivity contribution is -0.118. The number of hydrogen-bond acceptors (Lipinski definition) is 4. The number of halogens is 2. The number of nitrogens with zero attached hydrogens (tertiary/aromatic N) is 1. The van der Waals surface area contributed by atoms with Gasteiger partial charge in [0.05, 0.1) is 10.6 Å². The van der Waals surface area contributed by atoms with Crippen molar-refractivity contribution in [1.82, 2.24) is 0 Å². The summed E-state index contributed by atoms with van der Waals surface area (Å²) in [5, 5.41) is 13.7. The minimum absolute atomic E-state index is 0.189. The van der Waals surface area contributed by atoms with Crippen LogP contribution in [0.1, 0.15) is 29.3 Å². The van der Waals surface area contributed by atoms with Gasteiger partial charge in [-0.25, -0.2) is 0 Å². The van der Waals surface area contributed by atoms with E-state index in [1.54, 1.807) is 18.2 Å². The highest BCUT2D eigenvalue weighted by molar-refractivity contribution is 7.16. The van der Waals surface area contributed by atoms with E-state index >= 15 is 0 Å². The summed E-state index contributed by atoms with van der Waals surface area (Å²) in [6, 6.07) is 7.05. The zero-order chi connectivity index (χ0) is 18.0. The normalized spacial score (nSPS) is 16.0. The maximum Gasteiger partial charge on any atom is 0.262 e. The minimum atomic E-state index is -0.325. The number of benzene rings is 1. The summed E-state index contributed by atoms with van der Waals surface area (Å²) in [7, 11) is 0. The van der Waals surface area contributed by atoms with E-state index in [9.17, 15) is 10.1 Å². The van der Waals surface area contributed by atoms with Crippen molar-refractivity contribution in [3.63, 3.8) is 0 Å². The predicted molar refractivity (Wildman–Crippen MR) is 101 cm³/mol. The van der Waals surface area contributed by atoms with Gasteiger partial charge in [0.1, 0.15) is 16.8 Å². The molecule has 0 radical (unpaired) electrons. The number of nitriles is 1. The van der Waals surface area contributed by atoms with Gasteiger partial charge in [-0.3, -0.25) is 4.79 Å². The Morgan fingerprint density at radius 1 is 1.48 bits per heavy atom. The molecule has 0 fully saturated rings. The first-order valence-corrected chi connectivity index (χ1v) is 9.47. The molecule has 3 rings (SSSR count).